The Kier molecular flexibility index (Phi) is 9.09. The van der Waals surface area contributed by atoms with Crippen LogP contribution in [0.3, 0.4) is 0 Å². The Labute approximate surface area is 216 Å². The van der Waals surface area contributed by atoms with Crippen molar-refractivity contribution >= 4 is 29.2 Å². The summed E-state index contributed by atoms with van der Waals surface area (Å²) in [5.41, 5.74) is 4.90. The number of benzene rings is 1. The third kappa shape index (κ3) is 6.45. The Balaban J connectivity index is 1.55. The van der Waals surface area contributed by atoms with Crippen molar-refractivity contribution < 1.29 is 28.5 Å². The van der Waals surface area contributed by atoms with Crippen LogP contribution >= 0.6 is 0 Å². The molecule has 1 aromatic heterocycles. The van der Waals surface area contributed by atoms with Crippen molar-refractivity contribution in [1.29, 1.82) is 5.26 Å². The molecule has 1 aromatic carbocycles. The number of aryl methyl sites for hydroxylation is 1. The molecule has 196 valence electrons. The summed E-state index contributed by atoms with van der Waals surface area (Å²) < 4.78 is 22.2. The number of anilines is 1. The number of hydrogen-bond acceptors (Lipinski definition) is 7. The van der Waals surface area contributed by atoms with E-state index < -0.39 is 0 Å². The van der Waals surface area contributed by atoms with Gasteiger partial charge in [-0.25, -0.2) is 0 Å². The molecular weight excluding hydrogens is 476 g/mol. The second-order valence-electron chi connectivity index (χ2n) is 8.79. The molecule has 2 N–H and O–H groups in total. The first-order chi connectivity index (χ1) is 18.0. The number of rotatable bonds is 2. The molecule has 2 aliphatic heterocycles. The summed E-state index contributed by atoms with van der Waals surface area (Å²) in [6.07, 6.45) is 1.74. The maximum atomic E-state index is 13.6. The van der Waals surface area contributed by atoms with Crippen LogP contribution in [0.2, 0.25) is 0 Å². The zero-order valence-corrected chi connectivity index (χ0v) is 21.2. The molecule has 0 aliphatic carbocycles. The number of H-pyrrole nitrogens is 1. The molecule has 1 saturated heterocycles. The fourth-order valence-electron chi connectivity index (χ4n) is 4.37. The zero-order chi connectivity index (χ0) is 26.2. The summed E-state index contributed by atoms with van der Waals surface area (Å²) in [5.74, 6) is -0.389. The van der Waals surface area contributed by atoms with Crippen LogP contribution in [-0.4, -0.2) is 87.6 Å². The predicted molar refractivity (Wildman–Crippen MR) is 137 cm³/mol. The van der Waals surface area contributed by atoms with E-state index in [-0.39, 0.29) is 11.8 Å². The van der Waals surface area contributed by atoms with E-state index in [4.69, 9.17) is 18.9 Å². The van der Waals surface area contributed by atoms with Gasteiger partial charge in [0.05, 0.1) is 75.6 Å². The van der Waals surface area contributed by atoms with Crippen LogP contribution in [0.4, 0.5) is 5.69 Å². The lowest BCUT2D eigenvalue weighted by molar-refractivity contribution is -0.110. The minimum absolute atomic E-state index is 0.136. The van der Waals surface area contributed by atoms with Crippen molar-refractivity contribution in [3.05, 3.63) is 51.8 Å². The van der Waals surface area contributed by atoms with Gasteiger partial charge in [0.1, 0.15) is 0 Å². The number of aromatic amines is 1. The minimum atomic E-state index is -0.252. The molecule has 0 unspecified atom stereocenters. The lowest BCUT2D eigenvalue weighted by atomic mass is 10.0. The molecule has 4 rings (SSSR count). The Morgan fingerprint density at radius 3 is 2.16 bits per heavy atom. The molecular formula is C27H32N4O6. The number of amides is 2. The Hall–Kier alpha value is -3.49. The fourth-order valence-corrected chi connectivity index (χ4v) is 4.37. The van der Waals surface area contributed by atoms with Crippen molar-refractivity contribution in [2.75, 3.05) is 71.3 Å². The van der Waals surface area contributed by atoms with Gasteiger partial charge in [0.2, 0.25) is 0 Å². The SMILES string of the molecule is Cc1[nH]c(C=C2C(=O)Nc3ccc(C#N)cc32)c(C)c1C(=O)N1CCOCCOCCOCCOCC1. The number of nitriles is 1. The lowest BCUT2D eigenvalue weighted by Crippen LogP contribution is -2.37. The monoisotopic (exact) mass is 508 g/mol. The number of aromatic nitrogens is 1. The average Bonchev–Trinajstić information content (AvgIpc) is 3.35. The molecule has 0 radical (unpaired) electrons. The molecule has 2 aromatic rings. The van der Waals surface area contributed by atoms with Crippen LogP contribution in [0.1, 0.15) is 38.4 Å². The predicted octanol–water partition coefficient (Wildman–Crippen LogP) is 2.52. The number of carbonyl (C=O) groups is 2. The standard InChI is InChI=1S/C27H32N4O6/c1-18-24(16-22-21-15-20(17-28)3-4-23(21)30-26(22)32)29-19(2)25(18)27(33)31-5-7-34-9-11-36-13-14-37-12-10-35-8-6-31/h3-4,15-16,29H,5-14H2,1-2H3,(H,30,32). The summed E-state index contributed by atoms with van der Waals surface area (Å²) in [6, 6.07) is 7.18. The van der Waals surface area contributed by atoms with E-state index in [1.54, 1.807) is 29.2 Å². The summed E-state index contributed by atoms with van der Waals surface area (Å²) in [5, 5.41) is 12.1. The highest BCUT2D eigenvalue weighted by Crippen LogP contribution is 2.34. The number of nitrogens with zero attached hydrogens (tertiary/aromatic N) is 2. The van der Waals surface area contributed by atoms with Crippen LogP contribution in [-0.2, 0) is 23.7 Å². The third-order valence-electron chi connectivity index (χ3n) is 6.32. The van der Waals surface area contributed by atoms with Gasteiger partial charge in [0.15, 0.2) is 0 Å². The quantitative estimate of drug-likeness (QED) is 0.597. The van der Waals surface area contributed by atoms with Crippen molar-refractivity contribution in [1.82, 2.24) is 9.88 Å². The van der Waals surface area contributed by atoms with Gasteiger partial charge >= 0.3 is 0 Å². The summed E-state index contributed by atoms with van der Waals surface area (Å²) in [7, 11) is 0. The molecule has 0 bridgehead atoms. The Morgan fingerprint density at radius 2 is 1.57 bits per heavy atom. The van der Waals surface area contributed by atoms with E-state index in [0.29, 0.717) is 105 Å². The number of carbonyl (C=O) groups excluding carboxylic acids is 2. The summed E-state index contributed by atoms with van der Waals surface area (Å²) >= 11 is 0. The highest BCUT2D eigenvalue weighted by atomic mass is 16.6. The molecule has 0 spiro atoms. The smallest absolute Gasteiger partial charge is 0.256 e. The minimum Gasteiger partial charge on any atom is -0.377 e. The Morgan fingerprint density at radius 1 is 0.973 bits per heavy atom. The molecule has 2 aliphatic rings. The first kappa shape index (κ1) is 26.6. The van der Waals surface area contributed by atoms with Crippen LogP contribution in [0.15, 0.2) is 18.2 Å². The normalized spacial score (nSPS) is 19.0. The Bertz CT molecular complexity index is 1200. The van der Waals surface area contributed by atoms with E-state index in [1.165, 1.54) is 0 Å². The van der Waals surface area contributed by atoms with Crippen molar-refractivity contribution in [2.45, 2.75) is 13.8 Å². The van der Waals surface area contributed by atoms with Gasteiger partial charge in [-0.1, -0.05) is 0 Å². The van der Waals surface area contributed by atoms with E-state index in [9.17, 15) is 14.9 Å². The topological polar surface area (TPSA) is 126 Å². The first-order valence-electron chi connectivity index (χ1n) is 12.4. The molecule has 3 heterocycles. The fraction of sp³-hybridized carbons (Fsp3) is 0.444. The molecule has 0 atom stereocenters. The average molecular weight is 509 g/mol. The molecule has 10 heteroatoms. The second-order valence-corrected chi connectivity index (χ2v) is 8.79. The van der Waals surface area contributed by atoms with Gasteiger partial charge in [-0.05, 0) is 43.7 Å². The number of nitrogens with one attached hydrogen (secondary N) is 2. The van der Waals surface area contributed by atoms with E-state index in [2.05, 4.69) is 16.4 Å². The molecule has 37 heavy (non-hydrogen) atoms. The zero-order valence-electron chi connectivity index (χ0n) is 21.2. The van der Waals surface area contributed by atoms with Crippen LogP contribution in [0, 0.1) is 25.2 Å². The van der Waals surface area contributed by atoms with Gasteiger partial charge in [0, 0.05) is 35.7 Å². The largest absolute Gasteiger partial charge is 0.377 e. The first-order valence-corrected chi connectivity index (χ1v) is 12.4. The maximum Gasteiger partial charge on any atom is 0.256 e. The number of hydrogen-bond donors (Lipinski definition) is 2. The number of fused-ring (bicyclic) bond motifs is 1. The van der Waals surface area contributed by atoms with Gasteiger partial charge in [-0.3, -0.25) is 9.59 Å². The summed E-state index contributed by atoms with van der Waals surface area (Å²) in [6.45, 7) is 8.10. The molecule has 2 amide bonds. The number of ether oxygens (including phenoxy) is 4. The molecule has 10 nitrogen and oxygen atoms in total. The van der Waals surface area contributed by atoms with Crippen LogP contribution in [0.5, 0.6) is 0 Å². The van der Waals surface area contributed by atoms with E-state index in [1.807, 2.05) is 13.8 Å². The highest BCUT2D eigenvalue weighted by Gasteiger charge is 2.27. The second kappa shape index (κ2) is 12.7. The van der Waals surface area contributed by atoms with E-state index >= 15 is 0 Å². The summed E-state index contributed by atoms with van der Waals surface area (Å²) in [4.78, 5) is 31.3. The van der Waals surface area contributed by atoms with Crippen molar-refractivity contribution in [2.24, 2.45) is 0 Å². The van der Waals surface area contributed by atoms with Crippen molar-refractivity contribution in [3.63, 3.8) is 0 Å². The maximum absolute atomic E-state index is 13.6. The lowest BCUT2D eigenvalue weighted by Gasteiger charge is -2.23. The highest BCUT2D eigenvalue weighted by molar-refractivity contribution is 6.35. The van der Waals surface area contributed by atoms with E-state index in [0.717, 1.165) is 5.56 Å². The van der Waals surface area contributed by atoms with Crippen LogP contribution < -0.4 is 5.32 Å². The van der Waals surface area contributed by atoms with Gasteiger partial charge in [-0.2, -0.15) is 5.26 Å². The molecule has 1 fully saturated rings. The van der Waals surface area contributed by atoms with Crippen LogP contribution in [0.25, 0.3) is 11.6 Å². The van der Waals surface area contributed by atoms with Gasteiger partial charge < -0.3 is 34.1 Å². The van der Waals surface area contributed by atoms with Gasteiger partial charge in [0.25, 0.3) is 11.8 Å². The third-order valence-corrected chi connectivity index (χ3v) is 6.32. The van der Waals surface area contributed by atoms with Gasteiger partial charge in [-0.15, -0.1) is 0 Å². The molecule has 0 saturated carbocycles. The van der Waals surface area contributed by atoms with Crippen molar-refractivity contribution in [3.8, 4) is 6.07 Å².